The maximum atomic E-state index is 12.3. The van der Waals surface area contributed by atoms with E-state index in [0.717, 1.165) is 24.0 Å². The molecule has 5 heteroatoms. The fourth-order valence-electron chi connectivity index (χ4n) is 3.22. The summed E-state index contributed by atoms with van der Waals surface area (Å²) in [4.78, 5) is 24.4. The summed E-state index contributed by atoms with van der Waals surface area (Å²) in [6.07, 6.45) is 6.80. The van der Waals surface area contributed by atoms with Crippen LogP contribution in [0.2, 0.25) is 0 Å². The number of allylic oxidation sites excluding steroid dienone is 3. The summed E-state index contributed by atoms with van der Waals surface area (Å²) >= 11 is 0. The predicted octanol–water partition coefficient (Wildman–Crippen LogP) is 3.01. The Kier molecular flexibility index (Phi) is 6.37. The van der Waals surface area contributed by atoms with Gasteiger partial charge in [-0.1, -0.05) is 29.9 Å². The molecule has 1 aliphatic carbocycles. The van der Waals surface area contributed by atoms with Gasteiger partial charge in [-0.2, -0.15) is 0 Å². The fraction of sp³-hybridized carbons (Fsp3) is 0.500. The molecule has 1 fully saturated rings. The van der Waals surface area contributed by atoms with Gasteiger partial charge in [0.25, 0.3) is 0 Å². The Labute approximate surface area is 148 Å². The largest absolute Gasteiger partial charge is 0.458 e. The zero-order valence-corrected chi connectivity index (χ0v) is 15.1. The van der Waals surface area contributed by atoms with Crippen LogP contribution in [0.4, 0.5) is 0 Å². The number of carbonyl (C=O) groups is 2. The molecular formula is C20H26O5. The van der Waals surface area contributed by atoms with Crippen LogP contribution >= 0.6 is 0 Å². The second-order valence-corrected chi connectivity index (χ2v) is 6.64. The van der Waals surface area contributed by atoms with Crippen LogP contribution in [0.1, 0.15) is 40.0 Å². The summed E-state index contributed by atoms with van der Waals surface area (Å²) in [5.41, 5.74) is 2.73. The minimum atomic E-state index is -0.577. The number of aliphatic hydroxyl groups excluding tert-OH is 1. The first-order chi connectivity index (χ1) is 11.9. The van der Waals surface area contributed by atoms with Gasteiger partial charge in [0, 0.05) is 12.0 Å². The van der Waals surface area contributed by atoms with Crippen LogP contribution in [0.25, 0.3) is 0 Å². The Morgan fingerprint density at radius 3 is 2.80 bits per heavy atom. The van der Waals surface area contributed by atoms with Gasteiger partial charge in [0.2, 0.25) is 0 Å². The second-order valence-electron chi connectivity index (χ2n) is 6.64. The van der Waals surface area contributed by atoms with E-state index in [2.05, 4.69) is 12.7 Å². The van der Waals surface area contributed by atoms with Crippen LogP contribution in [0.15, 0.2) is 47.1 Å². The molecule has 136 valence electrons. The van der Waals surface area contributed by atoms with E-state index in [4.69, 9.17) is 9.47 Å². The van der Waals surface area contributed by atoms with Gasteiger partial charge in [-0.15, -0.1) is 0 Å². The molecule has 0 aromatic carbocycles. The molecule has 0 aromatic heterocycles. The molecule has 3 atom stereocenters. The van der Waals surface area contributed by atoms with Crippen molar-refractivity contribution >= 4 is 11.9 Å². The molecule has 0 aromatic rings. The summed E-state index contributed by atoms with van der Waals surface area (Å²) in [5.74, 6) is -1.45. The minimum absolute atomic E-state index is 0.192. The summed E-state index contributed by atoms with van der Waals surface area (Å²) < 4.78 is 11.1. The minimum Gasteiger partial charge on any atom is -0.458 e. The summed E-state index contributed by atoms with van der Waals surface area (Å²) in [7, 11) is 0. The highest BCUT2D eigenvalue weighted by Crippen LogP contribution is 2.36. The van der Waals surface area contributed by atoms with Gasteiger partial charge in [-0.05, 0) is 39.7 Å². The normalized spacial score (nSPS) is 32.0. The van der Waals surface area contributed by atoms with Crippen LogP contribution in [-0.4, -0.2) is 35.9 Å². The molecule has 0 unspecified atom stereocenters. The molecule has 0 bridgehead atoms. The first-order valence-corrected chi connectivity index (χ1v) is 8.57. The predicted molar refractivity (Wildman–Crippen MR) is 94.6 cm³/mol. The number of esters is 2. The third-order valence-electron chi connectivity index (χ3n) is 4.70. The SMILES string of the molecule is C=C1C(=O)O[C@@H]2/C=C(\C)CC/C=C(\C)C[C@@H](OC(=O)/C(=C/C)CO)[C@@H]12. The molecule has 0 radical (unpaired) electrons. The Bertz CT molecular complexity index is 653. The van der Waals surface area contributed by atoms with Crippen LogP contribution in [0, 0.1) is 5.92 Å². The van der Waals surface area contributed by atoms with Crippen LogP contribution < -0.4 is 0 Å². The summed E-state index contributed by atoms with van der Waals surface area (Å²) in [6, 6.07) is 0. The smallest absolute Gasteiger partial charge is 0.336 e. The molecule has 0 saturated carbocycles. The molecular weight excluding hydrogens is 320 g/mol. The van der Waals surface area contributed by atoms with E-state index in [1.165, 1.54) is 6.08 Å². The van der Waals surface area contributed by atoms with E-state index in [-0.39, 0.29) is 12.2 Å². The van der Waals surface area contributed by atoms with Crippen LogP contribution in [0.3, 0.4) is 0 Å². The van der Waals surface area contributed by atoms with Crippen molar-refractivity contribution in [3.05, 3.63) is 47.1 Å². The lowest BCUT2D eigenvalue weighted by Crippen LogP contribution is -2.34. The van der Waals surface area contributed by atoms with Gasteiger partial charge in [-0.3, -0.25) is 0 Å². The Morgan fingerprint density at radius 2 is 2.16 bits per heavy atom. The van der Waals surface area contributed by atoms with Gasteiger partial charge in [-0.25, -0.2) is 9.59 Å². The average Bonchev–Trinajstić information content (AvgIpc) is 2.81. The van der Waals surface area contributed by atoms with Crippen molar-refractivity contribution in [2.45, 2.75) is 52.2 Å². The molecule has 0 spiro atoms. The van der Waals surface area contributed by atoms with Crippen LogP contribution in [0.5, 0.6) is 0 Å². The third-order valence-corrected chi connectivity index (χ3v) is 4.70. The Balaban J connectivity index is 2.37. The fourth-order valence-corrected chi connectivity index (χ4v) is 3.22. The van der Waals surface area contributed by atoms with E-state index in [9.17, 15) is 14.7 Å². The quantitative estimate of drug-likeness (QED) is 0.483. The molecule has 1 aliphatic heterocycles. The van der Waals surface area contributed by atoms with Crippen molar-refractivity contribution in [1.82, 2.24) is 0 Å². The lowest BCUT2D eigenvalue weighted by atomic mass is 9.85. The number of ether oxygens (including phenoxy) is 2. The number of aliphatic hydroxyl groups is 1. The lowest BCUT2D eigenvalue weighted by molar-refractivity contribution is -0.147. The topological polar surface area (TPSA) is 72.8 Å². The van der Waals surface area contributed by atoms with E-state index < -0.39 is 30.1 Å². The molecule has 1 heterocycles. The van der Waals surface area contributed by atoms with E-state index >= 15 is 0 Å². The molecule has 2 aliphatic rings. The molecule has 5 nitrogen and oxygen atoms in total. The molecule has 1 N–H and O–H groups in total. The molecule has 0 amide bonds. The highest BCUT2D eigenvalue weighted by Gasteiger charge is 2.44. The maximum absolute atomic E-state index is 12.3. The van der Waals surface area contributed by atoms with Crippen molar-refractivity contribution in [2.24, 2.45) is 5.92 Å². The number of fused-ring (bicyclic) bond motifs is 1. The Hall–Kier alpha value is -2.14. The first-order valence-electron chi connectivity index (χ1n) is 8.57. The summed E-state index contributed by atoms with van der Waals surface area (Å²) in [5, 5.41) is 9.29. The molecule has 1 saturated heterocycles. The number of carbonyl (C=O) groups excluding carboxylic acids is 2. The lowest BCUT2D eigenvalue weighted by Gasteiger charge is -2.27. The summed E-state index contributed by atoms with van der Waals surface area (Å²) in [6.45, 7) is 9.13. The number of rotatable bonds is 3. The van der Waals surface area contributed by atoms with E-state index in [0.29, 0.717) is 12.0 Å². The van der Waals surface area contributed by atoms with Crippen LogP contribution in [-0.2, 0) is 19.1 Å². The first kappa shape index (κ1) is 19.2. The van der Waals surface area contributed by atoms with Gasteiger partial charge in [0.05, 0.1) is 18.1 Å². The monoisotopic (exact) mass is 346 g/mol. The van der Waals surface area contributed by atoms with Crippen molar-refractivity contribution < 1.29 is 24.2 Å². The van der Waals surface area contributed by atoms with Crippen molar-refractivity contribution in [3.63, 3.8) is 0 Å². The highest BCUT2D eigenvalue weighted by molar-refractivity contribution is 5.92. The zero-order chi connectivity index (χ0) is 18.6. The van der Waals surface area contributed by atoms with Crippen molar-refractivity contribution in [1.29, 1.82) is 0 Å². The zero-order valence-electron chi connectivity index (χ0n) is 15.1. The highest BCUT2D eigenvalue weighted by atomic mass is 16.6. The number of hydrogen-bond acceptors (Lipinski definition) is 5. The van der Waals surface area contributed by atoms with E-state index in [1.807, 2.05) is 19.9 Å². The second kappa shape index (κ2) is 8.30. The maximum Gasteiger partial charge on any atom is 0.336 e. The van der Waals surface area contributed by atoms with Gasteiger partial charge < -0.3 is 14.6 Å². The molecule has 2 rings (SSSR count). The molecule has 25 heavy (non-hydrogen) atoms. The Morgan fingerprint density at radius 1 is 1.44 bits per heavy atom. The number of hydrogen-bond donors (Lipinski definition) is 1. The van der Waals surface area contributed by atoms with Gasteiger partial charge in [0.1, 0.15) is 12.2 Å². The average molecular weight is 346 g/mol. The van der Waals surface area contributed by atoms with Crippen molar-refractivity contribution in [2.75, 3.05) is 6.61 Å². The third kappa shape index (κ3) is 4.48. The van der Waals surface area contributed by atoms with Gasteiger partial charge >= 0.3 is 11.9 Å². The van der Waals surface area contributed by atoms with Crippen molar-refractivity contribution in [3.8, 4) is 0 Å². The van der Waals surface area contributed by atoms with Gasteiger partial charge in [0.15, 0.2) is 0 Å². The standard InChI is InChI=1S/C20H26O5/c1-5-15(11-21)20(23)25-17-10-13(3)8-6-7-12(2)9-16-18(17)14(4)19(22)24-16/h5,8-9,16-18,21H,4,6-7,10-11H2,1-3H3/b12-9+,13-8+,15-5+/t16-,17-,18+/m1/s1. The van der Waals surface area contributed by atoms with E-state index in [1.54, 1.807) is 6.92 Å².